The Morgan fingerprint density at radius 3 is 2.69 bits per heavy atom. The molecule has 0 aliphatic carbocycles. The summed E-state index contributed by atoms with van der Waals surface area (Å²) < 4.78 is 1.51. The zero-order valence-corrected chi connectivity index (χ0v) is 8.91. The van der Waals surface area contributed by atoms with E-state index < -0.39 is 5.91 Å². The Morgan fingerprint density at radius 2 is 2.19 bits per heavy atom. The average Bonchev–Trinajstić information content (AvgIpc) is 2.73. The maximum absolute atomic E-state index is 10.8. The Labute approximate surface area is 92.9 Å². The van der Waals surface area contributed by atoms with Gasteiger partial charge in [0.25, 0.3) is 5.91 Å². The van der Waals surface area contributed by atoms with Crippen LogP contribution in [0.5, 0.6) is 0 Å². The number of aromatic nitrogens is 3. The van der Waals surface area contributed by atoms with Crippen LogP contribution in [0.4, 0.5) is 0 Å². The third kappa shape index (κ3) is 3.28. The lowest BCUT2D eigenvalue weighted by molar-refractivity contribution is 0.0989. The van der Waals surface area contributed by atoms with Gasteiger partial charge in [0.2, 0.25) is 5.82 Å². The molecule has 0 saturated heterocycles. The van der Waals surface area contributed by atoms with Gasteiger partial charge in [-0.15, -0.1) is 5.10 Å². The van der Waals surface area contributed by atoms with Crippen LogP contribution >= 0.6 is 0 Å². The number of aliphatic hydroxyl groups excluding tert-OH is 2. The van der Waals surface area contributed by atoms with Gasteiger partial charge in [0.1, 0.15) is 6.33 Å². The first-order valence-corrected chi connectivity index (χ1v) is 5.11. The summed E-state index contributed by atoms with van der Waals surface area (Å²) in [5.74, 6) is -0.712. The van der Waals surface area contributed by atoms with E-state index >= 15 is 0 Å². The van der Waals surface area contributed by atoms with Crippen molar-refractivity contribution in [2.24, 2.45) is 5.73 Å². The fourth-order valence-electron chi connectivity index (χ4n) is 1.45. The number of nitrogens with zero attached hydrogens (tertiary/aromatic N) is 3. The lowest BCUT2D eigenvalue weighted by Gasteiger charge is -2.14. The van der Waals surface area contributed by atoms with Crippen molar-refractivity contribution in [3.63, 3.8) is 0 Å². The molecule has 0 aromatic carbocycles. The van der Waals surface area contributed by atoms with E-state index in [0.717, 1.165) is 0 Å². The first-order valence-electron chi connectivity index (χ1n) is 5.11. The van der Waals surface area contributed by atoms with Gasteiger partial charge in [-0.1, -0.05) is 0 Å². The predicted molar refractivity (Wildman–Crippen MR) is 55.6 cm³/mol. The van der Waals surface area contributed by atoms with Crippen LogP contribution in [0.25, 0.3) is 0 Å². The predicted octanol–water partition coefficient (Wildman–Crippen LogP) is -0.927. The second kappa shape index (κ2) is 6.19. The molecule has 16 heavy (non-hydrogen) atoms. The number of primary amides is 1. The summed E-state index contributed by atoms with van der Waals surface area (Å²) in [4.78, 5) is 14.6. The molecule has 1 heterocycles. The van der Waals surface area contributed by atoms with Gasteiger partial charge in [-0.25, -0.2) is 9.67 Å². The molecule has 7 heteroatoms. The molecule has 1 aromatic heterocycles. The quantitative estimate of drug-likeness (QED) is 0.558. The number of rotatable bonds is 7. The van der Waals surface area contributed by atoms with Crippen LogP contribution in [0.2, 0.25) is 0 Å². The lowest BCUT2D eigenvalue weighted by atomic mass is 10.1. The van der Waals surface area contributed by atoms with E-state index in [1.165, 1.54) is 11.0 Å². The van der Waals surface area contributed by atoms with E-state index in [1.807, 2.05) is 0 Å². The van der Waals surface area contributed by atoms with Crippen molar-refractivity contribution in [3.8, 4) is 0 Å². The number of hydrogen-bond donors (Lipinski definition) is 3. The first kappa shape index (κ1) is 12.6. The monoisotopic (exact) mass is 228 g/mol. The second-order valence-electron chi connectivity index (χ2n) is 3.44. The lowest BCUT2D eigenvalue weighted by Crippen LogP contribution is -2.16. The summed E-state index contributed by atoms with van der Waals surface area (Å²) in [5.41, 5.74) is 5.03. The van der Waals surface area contributed by atoms with Crippen LogP contribution in [0.15, 0.2) is 6.33 Å². The van der Waals surface area contributed by atoms with Gasteiger partial charge in [0.05, 0.1) is 6.04 Å². The number of carbonyl (C=O) groups excluding carboxylic acids is 1. The molecule has 0 aliphatic heterocycles. The minimum Gasteiger partial charge on any atom is -0.396 e. The summed E-state index contributed by atoms with van der Waals surface area (Å²) in [5, 5.41) is 21.6. The molecule has 0 bridgehead atoms. The molecular formula is C9H16N4O3. The summed E-state index contributed by atoms with van der Waals surface area (Å²) in [6, 6.07) is -0.0715. The number of aliphatic hydroxyl groups is 2. The van der Waals surface area contributed by atoms with Crippen molar-refractivity contribution in [1.82, 2.24) is 14.8 Å². The van der Waals surface area contributed by atoms with Crippen molar-refractivity contribution >= 4 is 5.91 Å². The standard InChI is InChI=1S/C9H16N4O3/c10-8(16)9-11-6-13(12-9)7(3-5-15)2-1-4-14/h6-7,14-15H,1-5H2,(H2,10,16)/t7-/m0/s1. The highest BCUT2D eigenvalue weighted by molar-refractivity contribution is 5.88. The highest BCUT2D eigenvalue weighted by atomic mass is 16.3. The van der Waals surface area contributed by atoms with Gasteiger partial charge in [0, 0.05) is 13.2 Å². The molecule has 0 saturated carbocycles. The molecular weight excluding hydrogens is 212 g/mol. The van der Waals surface area contributed by atoms with Crippen molar-refractivity contribution in [1.29, 1.82) is 0 Å². The molecule has 0 radical (unpaired) electrons. The van der Waals surface area contributed by atoms with E-state index in [9.17, 15) is 4.79 Å². The zero-order chi connectivity index (χ0) is 12.0. The van der Waals surface area contributed by atoms with Crippen molar-refractivity contribution < 1.29 is 15.0 Å². The summed E-state index contributed by atoms with van der Waals surface area (Å²) in [6.45, 7) is 0.0984. The summed E-state index contributed by atoms with van der Waals surface area (Å²) in [7, 11) is 0. The summed E-state index contributed by atoms with van der Waals surface area (Å²) in [6.07, 6.45) is 3.19. The van der Waals surface area contributed by atoms with E-state index in [0.29, 0.717) is 19.3 Å². The third-order valence-corrected chi connectivity index (χ3v) is 2.26. The molecule has 0 spiro atoms. The Balaban J connectivity index is 2.71. The van der Waals surface area contributed by atoms with Crippen molar-refractivity contribution in [3.05, 3.63) is 12.2 Å². The van der Waals surface area contributed by atoms with Gasteiger partial charge in [0.15, 0.2) is 0 Å². The molecule has 0 unspecified atom stereocenters. The van der Waals surface area contributed by atoms with E-state index in [2.05, 4.69) is 10.1 Å². The van der Waals surface area contributed by atoms with Crippen LogP contribution in [-0.4, -0.2) is 44.1 Å². The van der Waals surface area contributed by atoms with E-state index in [-0.39, 0.29) is 25.1 Å². The van der Waals surface area contributed by atoms with Gasteiger partial charge in [-0.05, 0) is 19.3 Å². The fourth-order valence-corrected chi connectivity index (χ4v) is 1.45. The molecule has 1 rings (SSSR count). The number of hydrogen-bond acceptors (Lipinski definition) is 5. The Morgan fingerprint density at radius 1 is 1.44 bits per heavy atom. The van der Waals surface area contributed by atoms with Gasteiger partial charge in [-0.3, -0.25) is 4.79 Å². The maximum atomic E-state index is 10.8. The smallest absolute Gasteiger partial charge is 0.288 e. The Kier molecular flexibility index (Phi) is 4.87. The molecule has 90 valence electrons. The highest BCUT2D eigenvalue weighted by Crippen LogP contribution is 2.16. The highest BCUT2D eigenvalue weighted by Gasteiger charge is 2.14. The minimum atomic E-state index is -0.677. The SMILES string of the molecule is NC(=O)c1ncn([C@H](CCO)CCCO)n1. The van der Waals surface area contributed by atoms with Gasteiger partial charge in [-0.2, -0.15) is 0 Å². The van der Waals surface area contributed by atoms with Crippen LogP contribution in [0.1, 0.15) is 35.9 Å². The summed E-state index contributed by atoms with van der Waals surface area (Å²) >= 11 is 0. The number of carbonyl (C=O) groups is 1. The normalized spacial score (nSPS) is 12.6. The van der Waals surface area contributed by atoms with Crippen LogP contribution in [-0.2, 0) is 0 Å². The Bertz CT molecular complexity index is 339. The fraction of sp³-hybridized carbons (Fsp3) is 0.667. The molecule has 1 aromatic rings. The maximum Gasteiger partial charge on any atom is 0.288 e. The second-order valence-corrected chi connectivity index (χ2v) is 3.44. The van der Waals surface area contributed by atoms with Crippen LogP contribution < -0.4 is 5.73 Å². The van der Waals surface area contributed by atoms with Gasteiger partial charge < -0.3 is 15.9 Å². The van der Waals surface area contributed by atoms with Crippen LogP contribution in [0.3, 0.4) is 0 Å². The molecule has 0 fully saturated rings. The zero-order valence-electron chi connectivity index (χ0n) is 8.91. The van der Waals surface area contributed by atoms with Crippen molar-refractivity contribution in [2.75, 3.05) is 13.2 Å². The minimum absolute atomic E-state index is 0.0157. The molecule has 0 aliphatic rings. The largest absolute Gasteiger partial charge is 0.396 e. The number of nitrogens with two attached hydrogens (primary N) is 1. The third-order valence-electron chi connectivity index (χ3n) is 2.26. The van der Waals surface area contributed by atoms with Crippen LogP contribution in [0, 0.1) is 0 Å². The molecule has 7 nitrogen and oxygen atoms in total. The first-order chi connectivity index (χ1) is 7.69. The Hall–Kier alpha value is -1.47. The van der Waals surface area contributed by atoms with E-state index in [1.54, 1.807) is 0 Å². The van der Waals surface area contributed by atoms with Gasteiger partial charge >= 0.3 is 0 Å². The molecule has 1 atom stereocenters. The van der Waals surface area contributed by atoms with Crippen molar-refractivity contribution in [2.45, 2.75) is 25.3 Å². The molecule has 1 amide bonds. The molecule has 4 N–H and O–H groups in total. The average molecular weight is 228 g/mol. The topological polar surface area (TPSA) is 114 Å². The van der Waals surface area contributed by atoms with E-state index in [4.69, 9.17) is 15.9 Å². The number of amides is 1.